The van der Waals surface area contributed by atoms with E-state index in [1.807, 2.05) is 0 Å². The van der Waals surface area contributed by atoms with Crippen LogP contribution < -0.4 is 0 Å². The number of rotatable bonds is 3. The largest absolute Gasteiger partial charge is 0.509 e. The summed E-state index contributed by atoms with van der Waals surface area (Å²) in [5, 5.41) is 0. The van der Waals surface area contributed by atoms with E-state index in [2.05, 4.69) is 26.2 Å². The number of carbonyl (C=O) groups is 1. The van der Waals surface area contributed by atoms with Crippen molar-refractivity contribution >= 4 is 38.6 Å². The fourth-order valence-electron chi connectivity index (χ4n) is 2.30. The maximum absolute atomic E-state index is 13.0. The molecule has 0 saturated carbocycles. The van der Waals surface area contributed by atoms with Crippen molar-refractivity contribution in [3.05, 3.63) is 0 Å². The van der Waals surface area contributed by atoms with Crippen molar-refractivity contribution < 1.29 is 56.6 Å². The molecule has 6 unspecified atom stereocenters. The van der Waals surface area contributed by atoms with Crippen molar-refractivity contribution in [3.8, 4) is 0 Å². The minimum absolute atomic E-state index is 1.40. The second-order valence-corrected chi connectivity index (χ2v) is 7.53. The molecule has 0 amide bonds. The molecule has 3 rings (SSSR count). The number of halogens is 3. The summed E-state index contributed by atoms with van der Waals surface area (Å²) in [4.78, 5) is 11.3. The van der Waals surface area contributed by atoms with Crippen LogP contribution in [-0.4, -0.2) is 65.5 Å². The Balaban J connectivity index is 1.89. The summed E-state index contributed by atoms with van der Waals surface area (Å²) in [5.74, 6) is 0. The number of carbonyl (C=O) groups excluding carboxylic acids is 1. The Hall–Kier alpha value is -0.840. The Morgan fingerprint density at radius 2 is 1.33 bits per heavy atom. The first-order chi connectivity index (χ1) is 11.0. The van der Waals surface area contributed by atoms with Crippen molar-refractivity contribution in [2.24, 2.45) is 0 Å². The second kappa shape index (κ2) is 5.86. The van der Waals surface area contributed by atoms with Crippen LogP contribution in [0.15, 0.2) is 0 Å². The number of ether oxygens (including phenoxy) is 2. The monoisotopic (exact) mass is 416 g/mol. The van der Waals surface area contributed by atoms with Gasteiger partial charge in [-0.05, 0) is 0 Å². The number of cyclic esters (lactones) is 2. The Kier molecular flexibility index (Phi) is 4.38. The van der Waals surface area contributed by atoms with E-state index < -0.39 is 69.5 Å². The first kappa shape index (κ1) is 18.0. The zero-order valence-corrected chi connectivity index (χ0v) is 13.4. The first-order valence-corrected chi connectivity index (χ1v) is 9.12. The van der Waals surface area contributed by atoms with Gasteiger partial charge in [0.2, 0.25) is 0 Å². The third kappa shape index (κ3) is 3.29. The molecule has 11 nitrogen and oxygen atoms in total. The van der Waals surface area contributed by atoms with E-state index in [0.717, 1.165) is 0 Å². The summed E-state index contributed by atoms with van der Waals surface area (Å²) in [6.45, 7) is 0. The van der Waals surface area contributed by atoms with E-state index in [9.17, 15) is 30.4 Å². The molecule has 0 aromatic heterocycles. The van der Waals surface area contributed by atoms with Crippen LogP contribution in [0.3, 0.4) is 0 Å². The van der Waals surface area contributed by atoms with E-state index in [1.54, 1.807) is 0 Å². The van der Waals surface area contributed by atoms with Gasteiger partial charge in [0.1, 0.15) is 0 Å². The first-order valence-electron chi connectivity index (χ1n) is 6.01. The maximum Gasteiger partial charge on any atom is 0.509 e. The standard InChI is InChI=1S/C8H7ClF2O11S2/c9-6-4(20-24(15,16)22-6)2-1(17-8(12)18-2)3-5(7(10)11)21-23(13,14)19-3/h1-7H. The Bertz CT molecular complexity index is 739. The number of hydrogen-bond acceptors (Lipinski definition) is 11. The third-order valence-electron chi connectivity index (χ3n) is 3.16. The van der Waals surface area contributed by atoms with Crippen LogP contribution in [-0.2, 0) is 47.0 Å². The fraction of sp³-hybridized carbons (Fsp3) is 0.875. The minimum atomic E-state index is -4.78. The average Bonchev–Trinajstić information content (AvgIpc) is 3.02. The smallest absolute Gasteiger partial charge is 0.424 e. The molecule has 6 atom stereocenters. The van der Waals surface area contributed by atoms with Crippen molar-refractivity contribution in [1.29, 1.82) is 0 Å². The lowest BCUT2D eigenvalue weighted by Gasteiger charge is -2.24. The van der Waals surface area contributed by atoms with Crippen molar-refractivity contribution in [2.45, 2.75) is 42.5 Å². The van der Waals surface area contributed by atoms with Crippen LogP contribution >= 0.6 is 11.6 Å². The van der Waals surface area contributed by atoms with E-state index in [1.165, 1.54) is 0 Å². The maximum atomic E-state index is 13.0. The SMILES string of the molecule is O=C1OC(C2OS(=O)(=O)OC2Cl)C(C2OS(=O)(=O)OC2C(F)F)O1. The molecule has 0 aromatic carbocycles. The van der Waals surface area contributed by atoms with E-state index >= 15 is 0 Å². The van der Waals surface area contributed by atoms with Gasteiger partial charge in [-0.3, -0.25) is 0 Å². The van der Waals surface area contributed by atoms with Gasteiger partial charge in [-0.25, -0.2) is 30.3 Å². The molecule has 24 heavy (non-hydrogen) atoms. The van der Waals surface area contributed by atoms with Crippen LogP contribution in [0.4, 0.5) is 13.6 Å². The highest BCUT2D eigenvalue weighted by Gasteiger charge is 2.61. The molecule has 0 N–H and O–H groups in total. The molecule has 16 heteroatoms. The van der Waals surface area contributed by atoms with Gasteiger partial charge in [0, 0.05) is 0 Å². The predicted octanol–water partition coefficient (Wildman–Crippen LogP) is -0.591. The van der Waals surface area contributed by atoms with Crippen LogP contribution in [0.25, 0.3) is 0 Å². The fourth-order valence-corrected chi connectivity index (χ4v) is 4.69. The van der Waals surface area contributed by atoms with E-state index in [0.29, 0.717) is 0 Å². The van der Waals surface area contributed by atoms with Gasteiger partial charge in [-0.2, -0.15) is 16.8 Å². The molecule has 3 fully saturated rings. The average molecular weight is 417 g/mol. The molecule has 3 aliphatic rings. The van der Waals surface area contributed by atoms with Crippen LogP contribution in [0, 0.1) is 0 Å². The zero-order chi connectivity index (χ0) is 17.9. The highest BCUT2D eigenvalue weighted by Crippen LogP contribution is 2.38. The summed E-state index contributed by atoms with van der Waals surface area (Å²) in [5.41, 5.74) is -1.68. The van der Waals surface area contributed by atoms with Crippen LogP contribution in [0.5, 0.6) is 0 Å². The number of alkyl halides is 3. The lowest BCUT2D eigenvalue weighted by molar-refractivity contribution is -0.0646. The molecule has 0 radical (unpaired) electrons. The minimum Gasteiger partial charge on any atom is -0.424 e. The highest BCUT2D eigenvalue weighted by molar-refractivity contribution is 7.82. The molecule has 138 valence electrons. The molecule has 3 saturated heterocycles. The Morgan fingerprint density at radius 3 is 1.83 bits per heavy atom. The molecule has 3 aliphatic heterocycles. The number of hydrogen-bond donors (Lipinski definition) is 0. The molecule has 0 aromatic rings. The summed E-state index contributed by atoms with van der Waals surface area (Å²) in [6, 6.07) is 0. The van der Waals surface area contributed by atoms with E-state index in [4.69, 9.17) is 11.6 Å². The Morgan fingerprint density at radius 1 is 0.833 bits per heavy atom. The topological polar surface area (TPSA) is 141 Å². The molecule has 0 spiro atoms. The van der Waals surface area contributed by atoms with Crippen LogP contribution in [0.2, 0.25) is 0 Å². The highest BCUT2D eigenvalue weighted by atomic mass is 35.5. The van der Waals surface area contributed by atoms with Crippen molar-refractivity contribution in [2.75, 3.05) is 0 Å². The zero-order valence-electron chi connectivity index (χ0n) is 11.0. The molecular weight excluding hydrogens is 410 g/mol. The molecule has 0 aliphatic carbocycles. The van der Waals surface area contributed by atoms with Gasteiger partial charge in [-0.1, -0.05) is 11.6 Å². The Labute approximate surface area is 138 Å². The van der Waals surface area contributed by atoms with Gasteiger partial charge >= 0.3 is 27.0 Å². The van der Waals surface area contributed by atoms with Gasteiger partial charge in [0.05, 0.1) is 0 Å². The van der Waals surface area contributed by atoms with Gasteiger partial charge < -0.3 is 9.47 Å². The predicted molar refractivity (Wildman–Crippen MR) is 64.3 cm³/mol. The summed E-state index contributed by atoms with van der Waals surface area (Å²) >= 11 is 5.61. The summed E-state index contributed by atoms with van der Waals surface area (Å²) < 4.78 is 97.3. The summed E-state index contributed by atoms with van der Waals surface area (Å²) in [6.07, 6.45) is -14.3. The van der Waals surface area contributed by atoms with Gasteiger partial charge in [0.25, 0.3) is 6.43 Å². The quantitative estimate of drug-likeness (QED) is 0.430. The molecular formula is C8H7ClF2O11S2. The summed E-state index contributed by atoms with van der Waals surface area (Å²) in [7, 11) is -9.29. The van der Waals surface area contributed by atoms with Crippen molar-refractivity contribution in [1.82, 2.24) is 0 Å². The van der Waals surface area contributed by atoms with Crippen molar-refractivity contribution in [3.63, 3.8) is 0 Å². The lowest BCUT2D eigenvalue weighted by Crippen LogP contribution is -2.49. The van der Waals surface area contributed by atoms with E-state index in [-0.39, 0.29) is 0 Å². The molecule has 0 bridgehead atoms. The third-order valence-corrected chi connectivity index (χ3v) is 5.42. The second-order valence-electron chi connectivity index (χ2n) is 4.70. The normalized spacial score (nSPS) is 43.8. The molecule has 3 heterocycles. The van der Waals surface area contributed by atoms with Crippen LogP contribution in [0.1, 0.15) is 0 Å². The lowest BCUT2D eigenvalue weighted by atomic mass is 9.99. The van der Waals surface area contributed by atoms with Gasteiger partial charge in [0.15, 0.2) is 36.1 Å². The van der Waals surface area contributed by atoms with Gasteiger partial charge in [-0.15, -0.1) is 0 Å².